The van der Waals surface area contributed by atoms with E-state index in [-0.39, 0.29) is 0 Å². The number of rotatable bonds is 5. The van der Waals surface area contributed by atoms with Crippen molar-refractivity contribution in [2.24, 2.45) is 0 Å². The van der Waals surface area contributed by atoms with Crippen LogP contribution in [0.4, 0.5) is 0 Å². The molecule has 2 aromatic carbocycles. The highest BCUT2D eigenvalue weighted by Crippen LogP contribution is 2.37. The largest absolute Gasteiger partial charge is 0.394 e. The van der Waals surface area contributed by atoms with Crippen LogP contribution in [0.15, 0.2) is 48.5 Å². The Morgan fingerprint density at radius 1 is 0.939 bits per heavy atom. The third kappa shape index (κ3) is 4.43. The summed E-state index contributed by atoms with van der Waals surface area (Å²) in [7, 11) is 0. The number of ether oxygens (including phenoxy) is 1. The lowest BCUT2D eigenvalue weighted by atomic mass is 9.90. The average molecular weight is 505 g/mol. The predicted molar refractivity (Wildman–Crippen MR) is 128 cm³/mol. The Balaban J connectivity index is 1.39. The van der Waals surface area contributed by atoms with Crippen molar-refractivity contribution in [3.8, 4) is 9.88 Å². The molecule has 0 amide bonds. The first-order valence-electron chi connectivity index (χ1n) is 10.3. The van der Waals surface area contributed by atoms with E-state index in [0.717, 1.165) is 20.5 Å². The molecule has 0 bridgehead atoms. The predicted octanol–water partition coefficient (Wildman–Crippen LogP) is 3.18. The SMILES string of the molecule is OCC1OC(c2ccc(Cl)c(Cc3nnc(-c4cc5ccccc5s4)s3)c2)C(O)C(O)C1O. The Labute approximate surface area is 202 Å². The number of aliphatic hydroxyl groups is 4. The fourth-order valence-electron chi connectivity index (χ4n) is 3.96. The van der Waals surface area contributed by atoms with E-state index < -0.39 is 37.1 Å². The fourth-order valence-corrected chi connectivity index (χ4v) is 6.11. The van der Waals surface area contributed by atoms with Gasteiger partial charge in [-0.3, -0.25) is 0 Å². The van der Waals surface area contributed by atoms with Gasteiger partial charge in [0.1, 0.15) is 35.5 Å². The van der Waals surface area contributed by atoms with E-state index in [1.54, 1.807) is 29.5 Å². The van der Waals surface area contributed by atoms with E-state index >= 15 is 0 Å². The molecule has 0 saturated carbocycles. The van der Waals surface area contributed by atoms with Gasteiger partial charge in [-0.15, -0.1) is 21.5 Å². The summed E-state index contributed by atoms with van der Waals surface area (Å²) in [6.07, 6.45) is -5.64. The van der Waals surface area contributed by atoms with Crippen molar-refractivity contribution >= 4 is 44.4 Å². The summed E-state index contributed by atoms with van der Waals surface area (Å²) in [5.74, 6) is 0. The molecule has 172 valence electrons. The molecule has 1 aliphatic heterocycles. The van der Waals surface area contributed by atoms with Crippen LogP contribution in [0.2, 0.25) is 5.02 Å². The zero-order chi connectivity index (χ0) is 23.1. The van der Waals surface area contributed by atoms with Gasteiger partial charge < -0.3 is 25.2 Å². The first-order valence-corrected chi connectivity index (χ1v) is 12.4. The van der Waals surface area contributed by atoms with Gasteiger partial charge in [0.15, 0.2) is 5.01 Å². The van der Waals surface area contributed by atoms with Gasteiger partial charge in [0.05, 0.1) is 11.5 Å². The fraction of sp³-hybridized carbons (Fsp3) is 0.304. The van der Waals surface area contributed by atoms with Crippen molar-refractivity contribution < 1.29 is 25.2 Å². The van der Waals surface area contributed by atoms with Gasteiger partial charge in [-0.05, 0) is 34.7 Å². The molecule has 5 rings (SSSR count). The maximum Gasteiger partial charge on any atom is 0.157 e. The number of halogens is 1. The average Bonchev–Trinajstić information content (AvgIpc) is 3.46. The summed E-state index contributed by atoms with van der Waals surface area (Å²) in [6.45, 7) is -0.479. The van der Waals surface area contributed by atoms with Crippen LogP contribution in [-0.2, 0) is 11.2 Å². The van der Waals surface area contributed by atoms with Gasteiger partial charge in [-0.2, -0.15) is 0 Å². The van der Waals surface area contributed by atoms with Crippen LogP contribution in [0.5, 0.6) is 0 Å². The topological polar surface area (TPSA) is 116 Å². The van der Waals surface area contributed by atoms with Crippen LogP contribution in [0.1, 0.15) is 22.2 Å². The van der Waals surface area contributed by atoms with Gasteiger partial charge >= 0.3 is 0 Å². The second-order valence-corrected chi connectivity index (χ2v) is 10.5. The number of hydrogen-bond donors (Lipinski definition) is 4. The zero-order valence-corrected chi connectivity index (χ0v) is 19.6. The highest BCUT2D eigenvalue weighted by Gasteiger charge is 2.44. The summed E-state index contributed by atoms with van der Waals surface area (Å²) in [5.41, 5.74) is 1.35. The van der Waals surface area contributed by atoms with Gasteiger partial charge in [0.25, 0.3) is 0 Å². The van der Waals surface area contributed by atoms with Gasteiger partial charge in [0, 0.05) is 16.1 Å². The summed E-state index contributed by atoms with van der Waals surface area (Å²) in [5, 5.41) is 52.1. The molecular weight excluding hydrogens is 484 g/mol. The summed E-state index contributed by atoms with van der Waals surface area (Å²) in [6, 6.07) is 15.5. The first kappa shape index (κ1) is 22.8. The lowest BCUT2D eigenvalue weighted by molar-refractivity contribution is -0.231. The van der Waals surface area contributed by atoms with Crippen LogP contribution in [-0.4, -0.2) is 61.6 Å². The molecule has 7 nitrogen and oxygen atoms in total. The molecule has 4 N–H and O–H groups in total. The molecule has 5 atom stereocenters. The summed E-state index contributed by atoms with van der Waals surface area (Å²) >= 11 is 9.60. The van der Waals surface area contributed by atoms with Crippen molar-refractivity contribution in [3.63, 3.8) is 0 Å². The van der Waals surface area contributed by atoms with Crippen molar-refractivity contribution in [1.82, 2.24) is 10.2 Å². The van der Waals surface area contributed by atoms with Crippen LogP contribution >= 0.6 is 34.3 Å². The lowest BCUT2D eigenvalue weighted by Crippen LogP contribution is -2.55. The molecule has 2 aromatic heterocycles. The van der Waals surface area contributed by atoms with Crippen LogP contribution in [0, 0.1) is 0 Å². The molecule has 4 aromatic rings. The van der Waals surface area contributed by atoms with Crippen LogP contribution in [0.25, 0.3) is 20.0 Å². The smallest absolute Gasteiger partial charge is 0.157 e. The molecule has 33 heavy (non-hydrogen) atoms. The standard InChI is InChI=1S/C23H21ClN2O5S2/c24-14-6-5-12(22-21(30)20(29)19(28)15(10-27)31-22)7-13(14)9-18-25-26-23(33-18)17-8-11-3-1-2-4-16(11)32-17/h1-8,15,19-22,27-30H,9-10H2. The van der Waals surface area contributed by atoms with E-state index in [1.807, 2.05) is 12.1 Å². The molecule has 1 aliphatic rings. The monoisotopic (exact) mass is 504 g/mol. The minimum atomic E-state index is -1.44. The molecular formula is C23H21ClN2O5S2. The molecule has 0 aliphatic carbocycles. The molecule has 5 unspecified atom stereocenters. The van der Waals surface area contributed by atoms with Crippen molar-refractivity contribution in [1.29, 1.82) is 0 Å². The number of fused-ring (bicyclic) bond motifs is 1. The molecule has 1 saturated heterocycles. The van der Waals surface area contributed by atoms with Crippen LogP contribution in [0.3, 0.4) is 0 Å². The Bertz CT molecular complexity index is 1240. The minimum absolute atomic E-state index is 0.437. The number of nitrogens with zero attached hydrogens (tertiary/aromatic N) is 2. The summed E-state index contributed by atoms with van der Waals surface area (Å²) in [4.78, 5) is 1.06. The second kappa shape index (κ2) is 9.36. The van der Waals surface area contributed by atoms with E-state index in [1.165, 1.54) is 21.4 Å². The Morgan fingerprint density at radius 2 is 1.76 bits per heavy atom. The number of aliphatic hydroxyl groups excluding tert-OH is 4. The molecule has 1 fully saturated rings. The highest BCUT2D eigenvalue weighted by molar-refractivity contribution is 7.25. The quantitative estimate of drug-likeness (QED) is 0.330. The Hall–Kier alpha value is -1.95. The molecule has 0 spiro atoms. The van der Waals surface area contributed by atoms with Crippen LogP contribution < -0.4 is 0 Å². The summed E-state index contributed by atoms with van der Waals surface area (Å²) < 4.78 is 6.87. The highest BCUT2D eigenvalue weighted by atomic mass is 35.5. The van der Waals surface area contributed by atoms with Gasteiger partial charge in [0.2, 0.25) is 0 Å². The molecule has 3 heterocycles. The Kier molecular flexibility index (Phi) is 6.47. The lowest BCUT2D eigenvalue weighted by Gasteiger charge is -2.40. The number of thiophene rings is 1. The third-order valence-electron chi connectivity index (χ3n) is 5.74. The van der Waals surface area contributed by atoms with Gasteiger partial charge in [-0.25, -0.2) is 0 Å². The number of benzene rings is 2. The Morgan fingerprint density at radius 3 is 2.55 bits per heavy atom. The maximum absolute atomic E-state index is 10.4. The number of aromatic nitrogens is 2. The van der Waals surface area contributed by atoms with Crippen molar-refractivity contribution in [2.75, 3.05) is 6.61 Å². The number of hydrogen-bond acceptors (Lipinski definition) is 9. The minimum Gasteiger partial charge on any atom is -0.394 e. The third-order valence-corrected chi connectivity index (χ3v) is 8.31. The molecule has 0 radical (unpaired) electrons. The van der Waals surface area contributed by atoms with Gasteiger partial charge in [-0.1, -0.05) is 53.3 Å². The maximum atomic E-state index is 10.4. The zero-order valence-electron chi connectivity index (χ0n) is 17.2. The molecule has 10 heteroatoms. The van der Waals surface area contributed by atoms with Crippen molar-refractivity contribution in [2.45, 2.75) is 36.9 Å². The normalized spacial score (nSPS) is 25.5. The van der Waals surface area contributed by atoms with E-state index in [9.17, 15) is 20.4 Å². The van der Waals surface area contributed by atoms with E-state index in [0.29, 0.717) is 17.0 Å². The second-order valence-electron chi connectivity index (χ2n) is 7.93. The van der Waals surface area contributed by atoms with E-state index in [2.05, 4.69) is 28.4 Å². The first-order chi connectivity index (χ1) is 15.9. The van der Waals surface area contributed by atoms with E-state index in [4.69, 9.17) is 16.3 Å². The van der Waals surface area contributed by atoms with Crippen molar-refractivity contribution in [3.05, 3.63) is 69.7 Å².